The lowest BCUT2D eigenvalue weighted by Gasteiger charge is -2.26. The number of carbonyl (C=O) groups is 4. The average Bonchev–Trinajstić information content (AvgIpc) is 2.74. The summed E-state index contributed by atoms with van der Waals surface area (Å²) in [5.41, 5.74) is -0.912. The number of esters is 2. The van der Waals surface area contributed by atoms with Gasteiger partial charge >= 0.3 is 24.1 Å². The van der Waals surface area contributed by atoms with Crippen molar-refractivity contribution in [3.63, 3.8) is 0 Å². The molecule has 0 radical (unpaired) electrons. The van der Waals surface area contributed by atoms with Gasteiger partial charge in [0.05, 0.1) is 26.3 Å². The molecule has 208 valence electrons. The number of aliphatic hydroxyl groups is 1. The van der Waals surface area contributed by atoms with Gasteiger partial charge in [-0.15, -0.1) is 0 Å². The molecule has 0 aliphatic heterocycles. The van der Waals surface area contributed by atoms with Crippen LogP contribution in [0, 0.1) is 5.92 Å². The van der Waals surface area contributed by atoms with Gasteiger partial charge in [0.2, 0.25) is 0 Å². The number of nitrogens with zero attached hydrogens (tertiary/aromatic N) is 2. The van der Waals surface area contributed by atoms with Crippen molar-refractivity contribution >= 4 is 24.1 Å². The Morgan fingerprint density at radius 1 is 0.750 bits per heavy atom. The molecule has 0 fully saturated rings. The van der Waals surface area contributed by atoms with Crippen LogP contribution < -0.4 is 0 Å². The molecule has 0 heterocycles. The Balaban J connectivity index is 0. The molecule has 0 spiro atoms. The first-order valence-corrected chi connectivity index (χ1v) is 11.3. The van der Waals surface area contributed by atoms with E-state index in [9.17, 15) is 24.3 Å². The predicted molar refractivity (Wildman–Crippen MR) is 135 cm³/mol. The van der Waals surface area contributed by atoms with Crippen molar-refractivity contribution in [2.75, 3.05) is 41.4 Å². The zero-order chi connectivity index (χ0) is 29.0. The van der Waals surface area contributed by atoms with Crippen LogP contribution in [0.25, 0.3) is 0 Å². The third-order valence-electron chi connectivity index (χ3n) is 4.30. The number of hydrogen-bond acceptors (Lipinski definition) is 9. The smallest absolute Gasteiger partial charge is 0.410 e. The minimum absolute atomic E-state index is 0.0944. The van der Waals surface area contributed by atoms with E-state index in [0.717, 1.165) is 0 Å². The number of ether oxygens (including phenoxy) is 4. The Kier molecular flexibility index (Phi) is 14.7. The third kappa shape index (κ3) is 15.0. The summed E-state index contributed by atoms with van der Waals surface area (Å²) >= 11 is 0. The molecule has 0 saturated heterocycles. The quantitative estimate of drug-likeness (QED) is 0.293. The highest BCUT2D eigenvalue weighted by Crippen LogP contribution is 2.14. The Labute approximate surface area is 215 Å². The Morgan fingerprint density at radius 2 is 1.08 bits per heavy atom. The second kappa shape index (κ2) is 15.1. The third-order valence-corrected chi connectivity index (χ3v) is 4.30. The molecular weight excluding hydrogens is 472 g/mol. The molecule has 1 N–H and O–H groups in total. The Bertz CT molecular complexity index is 728. The number of aliphatic hydroxyl groups excluding tert-OH is 1. The summed E-state index contributed by atoms with van der Waals surface area (Å²) in [7, 11) is 5.58. The molecule has 0 aromatic carbocycles. The summed E-state index contributed by atoms with van der Waals surface area (Å²) in [6.07, 6.45) is -2.19. The first-order chi connectivity index (χ1) is 16.2. The van der Waals surface area contributed by atoms with Crippen molar-refractivity contribution in [3.05, 3.63) is 24.3 Å². The SMILES string of the molecule is C=C(C(=O)OC)C(C)CN(C)C(=O)OC(C)(C)C.C=C(C(=O)OC)C(O)CN(C)C(=O)OC(C)(C)C. The zero-order valence-corrected chi connectivity index (χ0v) is 23.6. The van der Waals surface area contributed by atoms with E-state index in [-0.39, 0.29) is 18.0 Å². The molecule has 36 heavy (non-hydrogen) atoms. The maximum Gasteiger partial charge on any atom is 0.410 e. The summed E-state index contributed by atoms with van der Waals surface area (Å²) in [5.74, 6) is -1.35. The van der Waals surface area contributed by atoms with Crippen LogP contribution in [0.5, 0.6) is 0 Å². The van der Waals surface area contributed by atoms with Gasteiger partial charge in [0, 0.05) is 32.1 Å². The van der Waals surface area contributed by atoms with Gasteiger partial charge in [0.1, 0.15) is 17.3 Å². The molecule has 2 unspecified atom stereocenters. The first kappa shape index (κ1) is 35.1. The van der Waals surface area contributed by atoms with E-state index in [2.05, 4.69) is 22.6 Å². The zero-order valence-electron chi connectivity index (χ0n) is 23.6. The van der Waals surface area contributed by atoms with Crippen molar-refractivity contribution in [1.82, 2.24) is 9.80 Å². The maximum absolute atomic E-state index is 11.7. The molecule has 0 aromatic heterocycles. The van der Waals surface area contributed by atoms with Crippen molar-refractivity contribution in [1.29, 1.82) is 0 Å². The molecule has 0 aliphatic carbocycles. The summed E-state index contributed by atoms with van der Waals surface area (Å²) < 4.78 is 19.3. The van der Waals surface area contributed by atoms with Crippen LogP contribution in [0.4, 0.5) is 9.59 Å². The van der Waals surface area contributed by atoms with Gasteiger partial charge in [-0.1, -0.05) is 20.1 Å². The van der Waals surface area contributed by atoms with E-state index >= 15 is 0 Å². The molecule has 0 aliphatic rings. The fraction of sp³-hybridized carbons (Fsp3) is 0.680. The largest absolute Gasteiger partial charge is 0.466 e. The number of likely N-dealkylation sites (N-methyl/N-ethyl adjacent to an activating group) is 1. The van der Waals surface area contributed by atoms with Crippen molar-refractivity contribution in [2.24, 2.45) is 5.92 Å². The van der Waals surface area contributed by atoms with Crippen LogP contribution in [0.2, 0.25) is 0 Å². The maximum atomic E-state index is 11.7. The van der Waals surface area contributed by atoms with Crippen molar-refractivity contribution in [2.45, 2.75) is 65.8 Å². The van der Waals surface area contributed by atoms with Gasteiger partial charge in [-0.05, 0) is 41.5 Å². The molecule has 0 aromatic rings. The number of rotatable bonds is 8. The van der Waals surface area contributed by atoms with Gasteiger partial charge in [-0.3, -0.25) is 0 Å². The van der Waals surface area contributed by atoms with Gasteiger partial charge < -0.3 is 33.9 Å². The molecule has 2 atom stereocenters. The van der Waals surface area contributed by atoms with Crippen molar-refractivity contribution < 1.29 is 43.2 Å². The highest BCUT2D eigenvalue weighted by Gasteiger charge is 2.25. The molecule has 11 nitrogen and oxygen atoms in total. The van der Waals surface area contributed by atoms with E-state index in [4.69, 9.17) is 9.47 Å². The topological polar surface area (TPSA) is 132 Å². The van der Waals surface area contributed by atoms with Gasteiger partial charge in [0.15, 0.2) is 0 Å². The van der Waals surface area contributed by atoms with E-state index in [1.807, 2.05) is 0 Å². The van der Waals surface area contributed by atoms with Crippen LogP contribution in [0.3, 0.4) is 0 Å². The molecule has 2 amide bonds. The lowest BCUT2D eigenvalue weighted by atomic mass is 10.0. The van der Waals surface area contributed by atoms with E-state index in [1.54, 1.807) is 55.5 Å². The highest BCUT2D eigenvalue weighted by molar-refractivity contribution is 5.89. The monoisotopic (exact) mass is 516 g/mol. The van der Waals surface area contributed by atoms with Crippen LogP contribution >= 0.6 is 0 Å². The summed E-state index contributed by atoms with van der Waals surface area (Å²) in [6.45, 7) is 19.7. The van der Waals surface area contributed by atoms with Crippen LogP contribution in [-0.4, -0.2) is 97.7 Å². The normalized spacial score (nSPS) is 12.6. The van der Waals surface area contributed by atoms with Crippen LogP contribution in [0.1, 0.15) is 48.5 Å². The molecule has 0 rings (SSSR count). The first-order valence-electron chi connectivity index (χ1n) is 11.3. The fourth-order valence-electron chi connectivity index (χ4n) is 2.32. The fourth-order valence-corrected chi connectivity index (χ4v) is 2.32. The summed E-state index contributed by atoms with van der Waals surface area (Å²) in [4.78, 5) is 48.3. The summed E-state index contributed by atoms with van der Waals surface area (Å²) in [5, 5.41) is 9.69. The summed E-state index contributed by atoms with van der Waals surface area (Å²) in [6, 6.07) is 0. The molecule has 11 heteroatoms. The number of amides is 2. The lowest BCUT2D eigenvalue weighted by Crippen LogP contribution is -2.39. The van der Waals surface area contributed by atoms with Gasteiger partial charge in [-0.2, -0.15) is 0 Å². The Morgan fingerprint density at radius 3 is 1.42 bits per heavy atom. The second-order valence-electron chi connectivity index (χ2n) is 10.2. The van der Waals surface area contributed by atoms with E-state index in [0.29, 0.717) is 12.1 Å². The molecule has 0 bridgehead atoms. The standard InChI is InChI=1S/C13H23NO4.C12H21NO5/c1-9(10(2)11(15)17-7)8-14(6)12(16)18-13(3,4)5;1-8(10(15)17-6)9(14)7-13(5)11(16)18-12(2,3)4/h9H,2,8H2,1,3-7H3;9,14H,1,7H2,2-6H3. The lowest BCUT2D eigenvalue weighted by molar-refractivity contribution is -0.137. The average molecular weight is 517 g/mol. The number of hydrogen-bond donors (Lipinski definition) is 1. The minimum Gasteiger partial charge on any atom is -0.466 e. The van der Waals surface area contributed by atoms with E-state index in [1.165, 1.54) is 31.1 Å². The highest BCUT2D eigenvalue weighted by atomic mass is 16.6. The second-order valence-corrected chi connectivity index (χ2v) is 10.2. The Hall–Kier alpha value is -3.08. The predicted octanol–water partition coefficient (Wildman–Crippen LogP) is 3.16. The van der Waals surface area contributed by atoms with Gasteiger partial charge in [-0.25, -0.2) is 19.2 Å². The van der Waals surface area contributed by atoms with E-state index < -0.39 is 41.4 Å². The minimum atomic E-state index is -1.19. The van der Waals surface area contributed by atoms with Crippen LogP contribution in [-0.2, 0) is 28.5 Å². The van der Waals surface area contributed by atoms with Crippen LogP contribution in [0.15, 0.2) is 24.3 Å². The number of methoxy groups -OCH3 is 2. The van der Waals surface area contributed by atoms with Crippen molar-refractivity contribution in [3.8, 4) is 0 Å². The molecular formula is C25H44N2O9. The molecule has 0 saturated carbocycles. The number of carbonyl (C=O) groups excluding carboxylic acids is 4. The van der Waals surface area contributed by atoms with Gasteiger partial charge in [0.25, 0.3) is 0 Å².